The Kier molecular flexibility index (Phi) is 2.76. The van der Waals surface area contributed by atoms with Gasteiger partial charge < -0.3 is 0 Å². The maximum atomic E-state index is 13.1. The van der Waals surface area contributed by atoms with Gasteiger partial charge in [-0.05, 0) is 30.3 Å². The lowest BCUT2D eigenvalue weighted by Crippen LogP contribution is -1.81. The average Bonchev–Trinajstić information content (AvgIpc) is 2.74. The fourth-order valence-electron chi connectivity index (χ4n) is 1.71. The number of nitrogens with one attached hydrogen (secondary N) is 1. The van der Waals surface area contributed by atoms with Crippen molar-refractivity contribution in [2.45, 2.75) is 9.79 Å². The number of benzene rings is 2. The van der Waals surface area contributed by atoms with E-state index in [0.717, 1.165) is 21.9 Å². The summed E-state index contributed by atoms with van der Waals surface area (Å²) in [4.78, 5) is 1.45. The van der Waals surface area contributed by atoms with Crippen molar-refractivity contribution in [1.29, 1.82) is 0 Å². The van der Waals surface area contributed by atoms with Gasteiger partial charge in [-0.1, -0.05) is 11.8 Å². The molecule has 2 aromatic carbocycles. The molecule has 1 heterocycles. The van der Waals surface area contributed by atoms with E-state index in [-0.39, 0.29) is 0 Å². The molecule has 5 heteroatoms. The van der Waals surface area contributed by atoms with E-state index in [2.05, 4.69) is 10.2 Å². The summed E-state index contributed by atoms with van der Waals surface area (Å²) < 4.78 is 26.1. The van der Waals surface area contributed by atoms with Gasteiger partial charge in [0.05, 0.1) is 11.7 Å². The lowest BCUT2D eigenvalue weighted by atomic mass is 10.3. The second kappa shape index (κ2) is 4.42. The third-order valence-electron chi connectivity index (χ3n) is 2.48. The van der Waals surface area contributed by atoms with Crippen LogP contribution in [0.2, 0.25) is 0 Å². The molecule has 3 aromatic rings. The molecule has 3 rings (SSSR count). The minimum Gasteiger partial charge on any atom is -0.278 e. The molecule has 0 bridgehead atoms. The number of aromatic nitrogens is 2. The van der Waals surface area contributed by atoms with Crippen molar-refractivity contribution < 1.29 is 8.78 Å². The van der Waals surface area contributed by atoms with Crippen molar-refractivity contribution in [2.75, 3.05) is 0 Å². The minimum atomic E-state index is -0.568. The Bertz CT molecular complexity index is 689. The summed E-state index contributed by atoms with van der Waals surface area (Å²) in [5.74, 6) is -1.14. The van der Waals surface area contributed by atoms with Gasteiger partial charge in [0.25, 0.3) is 0 Å². The van der Waals surface area contributed by atoms with Gasteiger partial charge in [-0.25, -0.2) is 8.78 Å². The van der Waals surface area contributed by atoms with E-state index in [1.54, 1.807) is 6.20 Å². The first-order valence-corrected chi connectivity index (χ1v) is 6.09. The van der Waals surface area contributed by atoms with Crippen molar-refractivity contribution in [2.24, 2.45) is 0 Å². The van der Waals surface area contributed by atoms with Crippen LogP contribution in [-0.4, -0.2) is 10.2 Å². The number of aromatic amines is 1. The van der Waals surface area contributed by atoms with Gasteiger partial charge in [0, 0.05) is 21.2 Å². The molecule has 0 atom stereocenters. The van der Waals surface area contributed by atoms with Gasteiger partial charge in [-0.3, -0.25) is 5.10 Å². The molecule has 0 spiro atoms. The molecule has 0 aliphatic rings. The molecule has 0 fully saturated rings. The average molecular weight is 262 g/mol. The summed E-state index contributed by atoms with van der Waals surface area (Å²) in [6.45, 7) is 0. The van der Waals surface area contributed by atoms with Gasteiger partial charge in [-0.15, -0.1) is 0 Å². The molecule has 0 radical (unpaired) electrons. The van der Waals surface area contributed by atoms with Crippen molar-refractivity contribution in [3.8, 4) is 0 Å². The van der Waals surface area contributed by atoms with E-state index in [4.69, 9.17) is 0 Å². The fourth-order valence-corrected chi connectivity index (χ4v) is 2.64. The Balaban J connectivity index is 1.95. The van der Waals surface area contributed by atoms with Crippen molar-refractivity contribution in [3.63, 3.8) is 0 Å². The lowest BCUT2D eigenvalue weighted by Gasteiger charge is -2.02. The predicted octanol–water partition coefficient (Wildman–Crippen LogP) is 3.99. The molecule has 0 aliphatic heterocycles. The standard InChI is InChI=1S/C13H8F2N2S/c14-9-4-10(15)6-12(5-9)18-11-1-2-13-8(3-11)7-16-17-13/h1-7H,(H,16,17). The fraction of sp³-hybridized carbons (Fsp3) is 0. The third kappa shape index (κ3) is 2.22. The summed E-state index contributed by atoms with van der Waals surface area (Å²) in [7, 11) is 0. The summed E-state index contributed by atoms with van der Waals surface area (Å²) in [6.07, 6.45) is 1.71. The number of H-pyrrole nitrogens is 1. The van der Waals surface area contributed by atoms with E-state index >= 15 is 0 Å². The van der Waals surface area contributed by atoms with Crippen LogP contribution in [0, 0.1) is 11.6 Å². The SMILES string of the molecule is Fc1cc(F)cc(Sc2ccc3[nH]ncc3c2)c1. The van der Waals surface area contributed by atoms with Crippen LogP contribution >= 0.6 is 11.8 Å². The lowest BCUT2D eigenvalue weighted by molar-refractivity contribution is 0.577. The third-order valence-corrected chi connectivity index (χ3v) is 3.44. The van der Waals surface area contributed by atoms with Crippen LogP contribution < -0.4 is 0 Å². The Morgan fingerprint density at radius 1 is 0.944 bits per heavy atom. The highest BCUT2D eigenvalue weighted by molar-refractivity contribution is 7.99. The van der Waals surface area contributed by atoms with Crippen LogP contribution in [0.1, 0.15) is 0 Å². The van der Waals surface area contributed by atoms with Crippen LogP contribution in [0.15, 0.2) is 52.4 Å². The number of fused-ring (bicyclic) bond motifs is 1. The number of hydrogen-bond acceptors (Lipinski definition) is 2. The van der Waals surface area contributed by atoms with Crippen LogP contribution in [0.4, 0.5) is 8.78 Å². The first-order valence-electron chi connectivity index (χ1n) is 5.28. The minimum absolute atomic E-state index is 0.537. The smallest absolute Gasteiger partial charge is 0.127 e. The monoisotopic (exact) mass is 262 g/mol. The maximum absolute atomic E-state index is 13.1. The zero-order valence-corrected chi connectivity index (χ0v) is 9.97. The Labute approximate surface area is 106 Å². The summed E-state index contributed by atoms with van der Waals surface area (Å²) in [5.41, 5.74) is 0.935. The first kappa shape index (κ1) is 11.2. The van der Waals surface area contributed by atoms with Gasteiger partial charge in [0.15, 0.2) is 0 Å². The number of rotatable bonds is 2. The van der Waals surface area contributed by atoms with Gasteiger partial charge in [0.2, 0.25) is 0 Å². The first-order chi connectivity index (χ1) is 8.70. The second-order valence-electron chi connectivity index (χ2n) is 3.83. The molecule has 18 heavy (non-hydrogen) atoms. The zero-order valence-electron chi connectivity index (χ0n) is 9.15. The van der Waals surface area contributed by atoms with E-state index in [1.807, 2.05) is 18.2 Å². The summed E-state index contributed by atoms with van der Waals surface area (Å²) >= 11 is 1.31. The van der Waals surface area contributed by atoms with Crippen LogP contribution in [-0.2, 0) is 0 Å². The molecule has 90 valence electrons. The second-order valence-corrected chi connectivity index (χ2v) is 4.97. The molecule has 0 saturated carbocycles. The topological polar surface area (TPSA) is 28.7 Å². The van der Waals surface area contributed by atoms with Gasteiger partial charge in [-0.2, -0.15) is 5.10 Å². The molecule has 1 aromatic heterocycles. The van der Waals surface area contributed by atoms with E-state index in [1.165, 1.54) is 23.9 Å². The Hall–Kier alpha value is -1.88. The van der Waals surface area contributed by atoms with Gasteiger partial charge >= 0.3 is 0 Å². The van der Waals surface area contributed by atoms with Gasteiger partial charge in [0.1, 0.15) is 11.6 Å². The highest BCUT2D eigenvalue weighted by Gasteiger charge is 2.04. The van der Waals surface area contributed by atoms with E-state index in [9.17, 15) is 8.78 Å². The zero-order chi connectivity index (χ0) is 12.5. The molecule has 0 aliphatic carbocycles. The summed E-state index contributed by atoms with van der Waals surface area (Å²) in [5, 5.41) is 7.74. The van der Waals surface area contributed by atoms with Crippen LogP contribution in [0.5, 0.6) is 0 Å². The molecule has 1 N–H and O–H groups in total. The molecule has 2 nitrogen and oxygen atoms in total. The molecule has 0 amide bonds. The number of halogens is 2. The highest BCUT2D eigenvalue weighted by Crippen LogP contribution is 2.30. The largest absolute Gasteiger partial charge is 0.278 e. The molecular weight excluding hydrogens is 254 g/mol. The van der Waals surface area contributed by atoms with Crippen molar-refractivity contribution in [1.82, 2.24) is 10.2 Å². The number of nitrogens with zero attached hydrogens (tertiary/aromatic N) is 1. The normalized spacial score (nSPS) is 11.0. The Morgan fingerprint density at radius 3 is 2.50 bits per heavy atom. The van der Waals surface area contributed by atoms with Crippen molar-refractivity contribution in [3.05, 3.63) is 54.2 Å². The van der Waals surface area contributed by atoms with Crippen LogP contribution in [0.3, 0.4) is 0 Å². The molecular formula is C13H8F2N2S. The predicted molar refractivity (Wildman–Crippen MR) is 66.6 cm³/mol. The summed E-state index contributed by atoms with van der Waals surface area (Å²) in [6, 6.07) is 9.19. The van der Waals surface area contributed by atoms with E-state index < -0.39 is 11.6 Å². The quantitative estimate of drug-likeness (QED) is 0.756. The Morgan fingerprint density at radius 2 is 1.72 bits per heavy atom. The maximum Gasteiger partial charge on any atom is 0.127 e. The van der Waals surface area contributed by atoms with Crippen molar-refractivity contribution >= 4 is 22.7 Å². The number of hydrogen-bond donors (Lipinski definition) is 1. The van der Waals surface area contributed by atoms with E-state index in [0.29, 0.717) is 4.90 Å². The molecule has 0 unspecified atom stereocenters. The van der Waals surface area contributed by atoms with Crippen LogP contribution in [0.25, 0.3) is 10.9 Å². The molecule has 0 saturated heterocycles. The highest BCUT2D eigenvalue weighted by atomic mass is 32.2.